The van der Waals surface area contributed by atoms with Crippen molar-refractivity contribution >= 4 is 27.7 Å². The van der Waals surface area contributed by atoms with Crippen molar-refractivity contribution < 1.29 is 14.3 Å². The summed E-state index contributed by atoms with van der Waals surface area (Å²) < 4.78 is 13.1. The number of pyridine rings is 1. The van der Waals surface area contributed by atoms with Crippen LogP contribution in [0.3, 0.4) is 0 Å². The fourth-order valence-corrected chi connectivity index (χ4v) is 3.59. The minimum Gasteiger partial charge on any atom is -0.444 e. The number of carbonyl (C=O) groups excluding carboxylic acids is 1. The summed E-state index contributed by atoms with van der Waals surface area (Å²) in [5.74, 6) is 0. The van der Waals surface area contributed by atoms with Crippen LogP contribution in [0.5, 0.6) is 0 Å². The van der Waals surface area contributed by atoms with Crippen LogP contribution in [0.4, 0.5) is 10.5 Å². The molecule has 8 heteroatoms. The Morgan fingerprint density at radius 2 is 2.04 bits per heavy atom. The van der Waals surface area contributed by atoms with Crippen LogP contribution in [-0.2, 0) is 16.0 Å². The van der Waals surface area contributed by atoms with Crippen molar-refractivity contribution in [2.75, 3.05) is 38.3 Å². The van der Waals surface area contributed by atoms with Gasteiger partial charge in [-0.05, 0) is 56.1 Å². The number of aromatic nitrogens is 1. The Morgan fingerprint density at radius 3 is 2.63 bits per heavy atom. The molecule has 1 saturated heterocycles. The molecule has 1 aliphatic heterocycles. The molecule has 1 aliphatic rings. The molecule has 0 N–H and O–H groups in total. The van der Waals surface area contributed by atoms with Crippen LogP contribution in [0.2, 0.25) is 0 Å². The van der Waals surface area contributed by atoms with E-state index in [1.54, 1.807) is 16.6 Å². The van der Waals surface area contributed by atoms with E-state index >= 15 is 0 Å². The van der Waals surface area contributed by atoms with Gasteiger partial charge in [0.2, 0.25) is 0 Å². The normalized spacial score (nSPS) is 17.9. The van der Waals surface area contributed by atoms with Crippen molar-refractivity contribution in [3.05, 3.63) is 27.1 Å². The molecule has 0 radical (unpaired) electrons. The molecule has 0 aromatic carbocycles. The van der Waals surface area contributed by atoms with Gasteiger partial charge in [-0.15, -0.1) is 0 Å². The second kappa shape index (κ2) is 9.10. The number of hydrogen-bond donors (Lipinski definition) is 0. The molecule has 1 aromatic rings. The van der Waals surface area contributed by atoms with Gasteiger partial charge in [0.15, 0.2) is 0 Å². The molecule has 2 heterocycles. The second-order valence-corrected chi connectivity index (χ2v) is 8.77. The number of carbonyl (C=O) groups is 1. The lowest BCUT2D eigenvalue weighted by molar-refractivity contribution is 0.0159. The predicted molar refractivity (Wildman–Crippen MR) is 110 cm³/mol. The lowest BCUT2D eigenvalue weighted by Gasteiger charge is -2.41. The molecule has 1 fully saturated rings. The van der Waals surface area contributed by atoms with Crippen molar-refractivity contribution in [1.82, 2.24) is 9.47 Å². The van der Waals surface area contributed by atoms with E-state index in [1.807, 2.05) is 44.9 Å². The third kappa shape index (κ3) is 5.97. The molecule has 7 nitrogen and oxygen atoms in total. The highest BCUT2D eigenvalue weighted by molar-refractivity contribution is 9.10. The molecule has 2 rings (SSSR count). The van der Waals surface area contributed by atoms with E-state index in [2.05, 4.69) is 15.9 Å². The van der Waals surface area contributed by atoms with Crippen molar-refractivity contribution in [2.24, 2.45) is 0 Å². The Morgan fingerprint density at radius 1 is 1.33 bits per heavy atom. The first-order valence-electron chi connectivity index (χ1n) is 9.26. The first-order valence-corrected chi connectivity index (χ1v) is 10.0. The number of aryl methyl sites for hydroxylation is 1. The standard InChI is InChI=1S/C19H30BrN3O4/c1-14-12-21(8-9-23(14)18(25)27-19(2,3)4)16-11-15(20)13-22(17(16)24)7-6-10-26-5/h11,13-14H,6-10,12H2,1-5H3/t14-/m1/s1. The van der Waals surface area contributed by atoms with E-state index in [-0.39, 0.29) is 17.7 Å². The number of anilines is 1. The van der Waals surface area contributed by atoms with Crippen molar-refractivity contribution in [3.63, 3.8) is 0 Å². The summed E-state index contributed by atoms with van der Waals surface area (Å²) in [5.41, 5.74) is 0.110. The summed E-state index contributed by atoms with van der Waals surface area (Å²) in [6, 6.07) is 1.80. The third-order valence-corrected chi connectivity index (χ3v) is 4.81. The van der Waals surface area contributed by atoms with E-state index in [1.165, 1.54) is 0 Å². The fourth-order valence-electron chi connectivity index (χ4n) is 3.12. The van der Waals surface area contributed by atoms with E-state index < -0.39 is 5.60 Å². The van der Waals surface area contributed by atoms with Gasteiger partial charge in [-0.3, -0.25) is 4.79 Å². The van der Waals surface area contributed by atoms with E-state index in [9.17, 15) is 9.59 Å². The molecular formula is C19H30BrN3O4. The Kier molecular flexibility index (Phi) is 7.33. The number of hydrogen-bond acceptors (Lipinski definition) is 5. The molecular weight excluding hydrogens is 414 g/mol. The van der Waals surface area contributed by atoms with Crippen LogP contribution in [-0.4, -0.2) is 60.6 Å². The van der Waals surface area contributed by atoms with E-state index in [0.29, 0.717) is 38.5 Å². The van der Waals surface area contributed by atoms with Crippen LogP contribution in [0.1, 0.15) is 34.1 Å². The fraction of sp³-hybridized carbons (Fsp3) is 0.684. The number of rotatable bonds is 5. The van der Waals surface area contributed by atoms with Gasteiger partial charge in [-0.1, -0.05) is 0 Å². The Labute approximate surface area is 169 Å². The topological polar surface area (TPSA) is 64.0 Å². The van der Waals surface area contributed by atoms with Crippen LogP contribution < -0.4 is 10.5 Å². The maximum Gasteiger partial charge on any atom is 0.410 e. The monoisotopic (exact) mass is 443 g/mol. The van der Waals surface area contributed by atoms with E-state index in [0.717, 1.165) is 10.9 Å². The van der Waals surface area contributed by atoms with Gasteiger partial charge >= 0.3 is 6.09 Å². The zero-order chi connectivity index (χ0) is 20.2. The van der Waals surface area contributed by atoms with Gasteiger partial charge in [0, 0.05) is 56.6 Å². The largest absolute Gasteiger partial charge is 0.444 e. The number of piperazine rings is 1. The molecule has 0 bridgehead atoms. The van der Waals surface area contributed by atoms with Crippen LogP contribution >= 0.6 is 15.9 Å². The van der Waals surface area contributed by atoms with Gasteiger partial charge in [0.05, 0.1) is 0 Å². The molecule has 1 amide bonds. The molecule has 27 heavy (non-hydrogen) atoms. The van der Waals surface area contributed by atoms with Gasteiger partial charge in [-0.25, -0.2) is 4.79 Å². The first-order chi connectivity index (χ1) is 12.6. The van der Waals surface area contributed by atoms with Gasteiger partial charge in [0.1, 0.15) is 11.3 Å². The summed E-state index contributed by atoms with van der Waals surface area (Å²) in [5, 5.41) is 0. The molecule has 0 spiro atoms. The number of methoxy groups -OCH3 is 1. The van der Waals surface area contributed by atoms with Gasteiger partial charge in [0.25, 0.3) is 5.56 Å². The highest BCUT2D eigenvalue weighted by Gasteiger charge is 2.31. The molecule has 0 aliphatic carbocycles. The van der Waals surface area contributed by atoms with Crippen molar-refractivity contribution in [3.8, 4) is 0 Å². The summed E-state index contributed by atoms with van der Waals surface area (Å²) in [4.78, 5) is 29.0. The van der Waals surface area contributed by atoms with Crippen molar-refractivity contribution in [1.29, 1.82) is 0 Å². The minimum atomic E-state index is -0.520. The van der Waals surface area contributed by atoms with Crippen LogP contribution in [0.15, 0.2) is 21.5 Å². The van der Waals surface area contributed by atoms with Gasteiger partial charge < -0.3 is 23.8 Å². The molecule has 1 atom stereocenters. The summed E-state index contributed by atoms with van der Waals surface area (Å²) in [7, 11) is 1.65. The summed E-state index contributed by atoms with van der Waals surface area (Å²) in [6.45, 7) is 10.5. The highest BCUT2D eigenvalue weighted by atomic mass is 79.9. The zero-order valence-corrected chi connectivity index (χ0v) is 18.4. The molecule has 152 valence electrons. The maximum atomic E-state index is 12.9. The molecule has 0 saturated carbocycles. The van der Waals surface area contributed by atoms with Crippen LogP contribution in [0.25, 0.3) is 0 Å². The van der Waals surface area contributed by atoms with Crippen molar-refractivity contribution in [2.45, 2.75) is 52.3 Å². The third-order valence-electron chi connectivity index (χ3n) is 4.38. The Balaban J connectivity index is 2.12. The number of ether oxygens (including phenoxy) is 2. The number of nitrogens with zero attached hydrogens (tertiary/aromatic N) is 3. The molecule has 0 unspecified atom stereocenters. The number of amides is 1. The average Bonchev–Trinajstić information content (AvgIpc) is 2.56. The minimum absolute atomic E-state index is 0.0211. The van der Waals surface area contributed by atoms with Crippen LogP contribution in [0, 0.1) is 0 Å². The average molecular weight is 444 g/mol. The quantitative estimate of drug-likeness (QED) is 0.654. The summed E-state index contributed by atoms with van der Waals surface area (Å²) in [6.07, 6.45) is 2.28. The second-order valence-electron chi connectivity index (χ2n) is 7.86. The Bertz CT molecular complexity index is 714. The van der Waals surface area contributed by atoms with E-state index in [4.69, 9.17) is 9.47 Å². The maximum absolute atomic E-state index is 12.9. The number of halogens is 1. The zero-order valence-electron chi connectivity index (χ0n) is 16.8. The highest BCUT2D eigenvalue weighted by Crippen LogP contribution is 2.21. The molecule has 1 aromatic heterocycles. The summed E-state index contributed by atoms with van der Waals surface area (Å²) >= 11 is 3.50. The lowest BCUT2D eigenvalue weighted by Crippen LogP contribution is -2.56. The smallest absolute Gasteiger partial charge is 0.410 e. The first kappa shape index (κ1) is 21.8. The SMILES string of the molecule is COCCCn1cc(Br)cc(N2CCN(C(=O)OC(C)(C)C)[C@H](C)C2)c1=O. The predicted octanol–water partition coefficient (Wildman–Crippen LogP) is 3.09. The lowest BCUT2D eigenvalue weighted by atomic mass is 10.1. The Hall–Kier alpha value is -1.54. The van der Waals surface area contributed by atoms with Gasteiger partial charge in [-0.2, -0.15) is 0 Å².